The van der Waals surface area contributed by atoms with E-state index in [0.717, 1.165) is 0 Å². The van der Waals surface area contributed by atoms with Gasteiger partial charge in [0.2, 0.25) is 0 Å². The summed E-state index contributed by atoms with van der Waals surface area (Å²) in [6, 6.07) is 7.13. The molecule has 2 aliphatic carbocycles. The SMILES string of the molecule is CC(C)c1cccc(C(C)C)c1N1[C](=[Rh][C]2=CC=CCCCC2)C2(CCCCC2)CC1(C)C. The molecule has 2 fully saturated rings. The summed E-state index contributed by atoms with van der Waals surface area (Å²) in [7, 11) is 0. The monoisotopic (exact) mass is 535 g/mol. The van der Waals surface area contributed by atoms with E-state index >= 15 is 0 Å². The Morgan fingerprint density at radius 3 is 2.18 bits per heavy atom. The van der Waals surface area contributed by atoms with E-state index < -0.39 is 0 Å². The van der Waals surface area contributed by atoms with Crippen LogP contribution in [0.4, 0.5) is 5.69 Å². The van der Waals surface area contributed by atoms with Crippen LogP contribution < -0.4 is 4.90 Å². The van der Waals surface area contributed by atoms with Crippen molar-refractivity contribution < 1.29 is 16.7 Å². The molecule has 0 atom stereocenters. The van der Waals surface area contributed by atoms with Crippen molar-refractivity contribution in [2.45, 2.75) is 123 Å². The Balaban J connectivity index is 1.95. The van der Waals surface area contributed by atoms with Crippen LogP contribution in [0.5, 0.6) is 0 Å². The third kappa shape index (κ3) is 5.17. The molecular weight excluding hydrogens is 489 g/mol. The van der Waals surface area contributed by atoms with Gasteiger partial charge in [0, 0.05) is 0 Å². The van der Waals surface area contributed by atoms with Crippen LogP contribution in [-0.4, -0.2) is 9.77 Å². The first kappa shape index (κ1) is 25.1. The predicted octanol–water partition coefficient (Wildman–Crippen LogP) is 9.10. The average molecular weight is 536 g/mol. The summed E-state index contributed by atoms with van der Waals surface area (Å²) < 4.78 is 3.55. The molecule has 1 saturated carbocycles. The van der Waals surface area contributed by atoms with E-state index in [1.165, 1.54) is 64.2 Å². The molecule has 0 N–H and O–H groups in total. The third-order valence-electron chi connectivity index (χ3n) is 7.97. The van der Waals surface area contributed by atoms with Crippen molar-refractivity contribution in [3.05, 3.63) is 51.7 Å². The maximum absolute atomic E-state index is 2.93. The molecule has 2 heteroatoms. The minimum atomic E-state index is 0.170. The number of anilines is 1. The Bertz CT molecular complexity index is 898. The minimum absolute atomic E-state index is 0.170. The normalized spacial score (nSPS) is 24.4. The number of benzene rings is 1. The average Bonchev–Trinajstić information content (AvgIpc) is 2.94. The van der Waals surface area contributed by atoms with E-state index in [-0.39, 0.29) is 5.54 Å². The van der Waals surface area contributed by atoms with Crippen LogP contribution >= 0.6 is 0 Å². The molecule has 1 saturated heterocycles. The van der Waals surface area contributed by atoms with E-state index in [9.17, 15) is 0 Å². The first-order valence-electron chi connectivity index (χ1n) is 13.5. The standard InChI is InChI=1S/C23H35N.C8H11.Rh/c1-17(2)19-11-10-12-20(18(3)4)21(19)24-16-23(15-22(24,5)6)13-8-7-9-14-23;1-2-4-6-8-7-5-3-1;/h10-12,17-18H,7-9,13-15H2,1-6H3;1-3H,4,6-8H2;. The summed E-state index contributed by atoms with van der Waals surface area (Å²) in [5.74, 6) is 1.08. The summed E-state index contributed by atoms with van der Waals surface area (Å²) >= 11 is 0.333. The predicted molar refractivity (Wildman–Crippen MR) is 142 cm³/mol. The third-order valence-corrected chi connectivity index (χ3v) is 10.8. The van der Waals surface area contributed by atoms with E-state index in [0.29, 0.717) is 33.9 Å². The molecule has 0 amide bonds. The molecule has 1 spiro atoms. The van der Waals surface area contributed by atoms with Gasteiger partial charge in [-0.1, -0.05) is 0 Å². The van der Waals surface area contributed by atoms with Crippen molar-refractivity contribution in [2.24, 2.45) is 5.41 Å². The van der Waals surface area contributed by atoms with Gasteiger partial charge in [-0.15, -0.1) is 0 Å². The van der Waals surface area contributed by atoms with Crippen molar-refractivity contribution in [1.82, 2.24) is 0 Å². The van der Waals surface area contributed by atoms with Gasteiger partial charge >= 0.3 is 212 Å². The molecule has 1 aromatic carbocycles. The van der Waals surface area contributed by atoms with Crippen LogP contribution in [0, 0.1) is 5.41 Å². The van der Waals surface area contributed by atoms with Gasteiger partial charge in [-0.2, -0.15) is 0 Å². The van der Waals surface area contributed by atoms with Gasteiger partial charge in [0.1, 0.15) is 0 Å². The molecule has 3 aliphatic rings. The van der Waals surface area contributed by atoms with Gasteiger partial charge < -0.3 is 0 Å². The van der Waals surface area contributed by atoms with Gasteiger partial charge in [0.15, 0.2) is 0 Å². The Hall–Kier alpha value is -1.01. The van der Waals surface area contributed by atoms with Crippen LogP contribution in [0.3, 0.4) is 0 Å². The van der Waals surface area contributed by atoms with Crippen LogP contribution in [-0.2, 0) is 16.7 Å². The number of hydrogen-bond acceptors (Lipinski definition) is 1. The van der Waals surface area contributed by atoms with Crippen molar-refractivity contribution in [3.8, 4) is 0 Å². The second kappa shape index (κ2) is 10.3. The molecule has 1 aromatic rings. The summed E-state index contributed by atoms with van der Waals surface area (Å²) in [5.41, 5.74) is 5.24. The number of para-hydroxylation sites is 1. The quantitative estimate of drug-likeness (QED) is 0.348. The van der Waals surface area contributed by atoms with E-state index in [1.54, 1.807) is 21.0 Å². The Kier molecular flexibility index (Phi) is 7.84. The summed E-state index contributed by atoms with van der Waals surface area (Å²) in [6.07, 6.45) is 20.8. The molecule has 4 rings (SSSR count). The van der Waals surface area contributed by atoms with Crippen molar-refractivity contribution in [3.63, 3.8) is 0 Å². The molecule has 0 aromatic heterocycles. The molecule has 1 nitrogen and oxygen atoms in total. The van der Waals surface area contributed by atoms with Crippen molar-refractivity contribution in [1.29, 1.82) is 0 Å². The zero-order valence-electron chi connectivity index (χ0n) is 22.0. The number of nitrogens with zero attached hydrogens (tertiary/aromatic N) is 1. The van der Waals surface area contributed by atoms with Crippen LogP contribution in [0.15, 0.2) is 40.6 Å². The van der Waals surface area contributed by atoms with Crippen LogP contribution in [0.25, 0.3) is 0 Å². The van der Waals surface area contributed by atoms with Gasteiger partial charge in [-0.05, 0) is 0 Å². The molecule has 0 radical (unpaired) electrons. The van der Waals surface area contributed by atoms with Gasteiger partial charge in [0.25, 0.3) is 0 Å². The molecule has 33 heavy (non-hydrogen) atoms. The Morgan fingerprint density at radius 1 is 0.879 bits per heavy atom. The molecular formula is C31H46NRh. The van der Waals surface area contributed by atoms with Crippen molar-refractivity contribution >= 4 is 9.92 Å². The van der Waals surface area contributed by atoms with E-state index in [4.69, 9.17) is 0 Å². The Labute approximate surface area is 211 Å². The summed E-state index contributed by atoms with van der Waals surface area (Å²) in [6.45, 7) is 14.6. The number of rotatable bonds is 4. The van der Waals surface area contributed by atoms with E-state index in [2.05, 4.69) is 82.9 Å². The number of allylic oxidation sites excluding steroid dienone is 4. The molecule has 0 unspecified atom stereocenters. The second-order valence-electron chi connectivity index (χ2n) is 11.9. The maximum atomic E-state index is 2.93. The fraction of sp³-hybridized carbons (Fsp3) is 0.645. The summed E-state index contributed by atoms with van der Waals surface area (Å²) in [4.78, 5) is 2.93. The first-order valence-corrected chi connectivity index (χ1v) is 15.2. The first-order chi connectivity index (χ1) is 15.8. The van der Waals surface area contributed by atoms with Gasteiger partial charge in [-0.3, -0.25) is 0 Å². The van der Waals surface area contributed by atoms with E-state index in [1.807, 2.05) is 4.23 Å². The summed E-state index contributed by atoms with van der Waals surface area (Å²) in [5, 5.41) is 0. The van der Waals surface area contributed by atoms with Gasteiger partial charge in [-0.25, -0.2) is 0 Å². The fourth-order valence-electron chi connectivity index (χ4n) is 6.42. The fourth-order valence-corrected chi connectivity index (χ4v) is 9.56. The second-order valence-corrected chi connectivity index (χ2v) is 14.1. The van der Waals surface area contributed by atoms with Crippen LogP contribution in [0.2, 0.25) is 0 Å². The number of hydrogen-bond donors (Lipinski definition) is 0. The molecule has 1 heterocycles. The molecule has 0 bridgehead atoms. The molecule has 1 aliphatic heterocycles. The zero-order valence-corrected chi connectivity index (χ0v) is 23.6. The molecule has 184 valence electrons. The zero-order chi connectivity index (χ0) is 23.6. The van der Waals surface area contributed by atoms with Crippen molar-refractivity contribution in [2.75, 3.05) is 4.90 Å². The van der Waals surface area contributed by atoms with Crippen LogP contribution in [0.1, 0.15) is 129 Å². The topological polar surface area (TPSA) is 3.24 Å². The Morgan fingerprint density at radius 2 is 1.55 bits per heavy atom. The van der Waals surface area contributed by atoms with Gasteiger partial charge in [0.05, 0.1) is 0 Å².